The zero-order valence-electron chi connectivity index (χ0n) is 14.8. The van der Waals surface area contributed by atoms with E-state index in [-0.39, 0.29) is 24.8 Å². The minimum absolute atomic E-state index is 0.127. The van der Waals surface area contributed by atoms with Gasteiger partial charge in [-0.2, -0.15) is 0 Å². The highest BCUT2D eigenvalue weighted by Gasteiger charge is 2.11. The predicted molar refractivity (Wildman–Crippen MR) is 103 cm³/mol. The normalized spacial score (nSPS) is 11.0. The number of aromatic nitrogens is 2. The number of nitrogens with zero attached hydrogens (tertiary/aromatic N) is 1. The highest BCUT2D eigenvalue weighted by molar-refractivity contribution is 5.91. The summed E-state index contributed by atoms with van der Waals surface area (Å²) in [5.41, 5.74) is 1.44. The Morgan fingerprint density at radius 2 is 1.77 bits per heavy atom. The molecule has 0 unspecified atom stereocenters. The van der Waals surface area contributed by atoms with Crippen LogP contribution < -0.4 is 16.6 Å². The minimum atomic E-state index is -0.510. The number of nitrogens with one attached hydrogen (secondary N) is 2. The van der Waals surface area contributed by atoms with Crippen molar-refractivity contribution in [3.63, 3.8) is 0 Å². The fourth-order valence-corrected chi connectivity index (χ4v) is 3.00. The van der Waals surface area contributed by atoms with Crippen molar-refractivity contribution in [3.05, 3.63) is 74.9 Å². The molecule has 2 N–H and O–H groups in total. The number of aryl methyl sites for hydroxylation is 1. The number of anilines is 1. The smallest absolute Gasteiger partial charge is 0.326 e. The Labute approximate surface area is 150 Å². The molecule has 0 saturated heterocycles. The van der Waals surface area contributed by atoms with Crippen LogP contribution >= 0.6 is 0 Å². The Bertz CT molecular complexity index is 1060. The van der Waals surface area contributed by atoms with Crippen LogP contribution in [0, 0.1) is 0 Å². The Hall–Kier alpha value is -3.15. The summed E-state index contributed by atoms with van der Waals surface area (Å²) in [6.45, 7) is 4.32. The summed E-state index contributed by atoms with van der Waals surface area (Å²) >= 11 is 0. The lowest BCUT2D eigenvalue weighted by Gasteiger charge is -2.14. The number of amides is 1. The lowest BCUT2D eigenvalue weighted by molar-refractivity contribution is -0.116. The molecule has 6 heteroatoms. The fraction of sp³-hybridized carbons (Fsp3) is 0.250. The second kappa shape index (κ2) is 7.39. The van der Waals surface area contributed by atoms with Gasteiger partial charge in [0.25, 0.3) is 5.56 Å². The van der Waals surface area contributed by atoms with Crippen LogP contribution in [0.2, 0.25) is 0 Å². The van der Waals surface area contributed by atoms with Gasteiger partial charge in [-0.15, -0.1) is 0 Å². The molecule has 0 aliphatic carbocycles. The maximum atomic E-state index is 12.4. The van der Waals surface area contributed by atoms with Crippen molar-refractivity contribution in [1.82, 2.24) is 9.55 Å². The second-order valence-corrected chi connectivity index (χ2v) is 6.47. The first-order valence-corrected chi connectivity index (χ1v) is 8.58. The monoisotopic (exact) mass is 351 g/mol. The van der Waals surface area contributed by atoms with Crippen LogP contribution in [0.5, 0.6) is 0 Å². The average molecular weight is 351 g/mol. The van der Waals surface area contributed by atoms with Gasteiger partial charge >= 0.3 is 5.69 Å². The van der Waals surface area contributed by atoms with Crippen molar-refractivity contribution in [3.8, 4) is 0 Å². The van der Waals surface area contributed by atoms with Crippen LogP contribution in [0.1, 0.15) is 31.7 Å². The molecule has 2 aromatic carbocycles. The molecule has 0 saturated carbocycles. The number of hydrogen-bond acceptors (Lipinski definition) is 3. The number of H-pyrrole nitrogens is 1. The van der Waals surface area contributed by atoms with Crippen molar-refractivity contribution in [2.24, 2.45) is 0 Å². The molecule has 3 rings (SSSR count). The van der Waals surface area contributed by atoms with Gasteiger partial charge in [0, 0.05) is 18.7 Å². The molecule has 0 radical (unpaired) electrons. The Morgan fingerprint density at radius 1 is 1.08 bits per heavy atom. The van der Waals surface area contributed by atoms with Gasteiger partial charge in [0.05, 0.1) is 10.9 Å². The van der Waals surface area contributed by atoms with Crippen LogP contribution in [0.25, 0.3) is 10.9 Å². The molecule has 0 fully saturated rings. The average Bonchev–Trinajstić information content (AvgIpc) is 2.62. The number of rotatable bonds is 5. The third-order valence-corrected chi connectivity index (χ3v) is 4.32. The molecule has 0 atom stereocenters. The summed E-state index contributed by atoms with van der Waals surface area (Å²) in [5.74, 6) is 0.109. The molecular weight excluding hydrogens is 330 g/mol. The van der Waals surface area contributed by atoms with Crippen molar-refractivity contribution >= 4 is 22.5 Å². The van der Waals surface area contributed by atoms with Crippen LogP contribution in [0.4, 0.5) is 5.69 Å². The third kappa shape index (κ3) is 3.59. The van der Waals surface area contributed by atoms with E-state index in [0.29, 0.717) is 10.9 Å². The Morgan fingerprint density at radius 3 is 2.54 bits per heavy atom. The van der Waals surface area contributed by atoms with Crippen molar-refractivity contribution in [2.45, 2.75) is 32.7 Å². The van der Waals surface area contributed by atoms with Gasteiger partial charge in [-0.1, -0.05) is 44.2 Å². The molecule has 0 aliphatic heterocycles. The fourth-order valence-electron chi connectivity index (χ4n) is 3.00. The number of carbonyl (C=O) groups is 1. The molecule has 6 nitrogen and oxygen atoms in total. The highest BCUT2D eigenvalue weighted by Crippen LogP contribution is 2.23. The van der Waals surface area contributed by atoms with E-state index >= 15 is 0 Å². The number of aromatic amines is 1. The molecule has 0 bridgehead atoms. The standard InChI is InChI=1S/C20H21N3O3/c1-13(2)14-7-3-5-9-16(14)21-18(24)11-12-23-17-10-6-4-8-15(17)19(25)22-20(23)26/h3-10,13H,11-12H2,1-2H3,(H,21,24)(H,22,25,26). The second-order valence-electron chi connectivity index (χ2n) is 6.47. The summed E-state index contributed by atoms with van der Waals surface area (Å²) in [4.78, 5) is 38.7. The molecular formula is C20H21N3O3. The van der Waals surface area contributed by atoms with E-state index in [2.05, 4.69) is 24.1 Å². The molecule has 0 spiro atoms. The van der Waals surface area contributed by atoms with Crippen LogP contribution in [-0.4, -0.2) is 15.5 Å². The lowest BCUT2D eigenvalue weighted by Crippen LogP contribution is -2.31. The highest BCUT2D eigenvalue weighted by atomic mass is 16.2. The Balaban J connectivity index is 1.80. The van der Waals surface area contributed by atoms with Crippen LogP contribution in [0.15, 0.2) is 58.1 Å². The maximum absolute atomic E-state index is 12.4. The Kier molecular flexibility index (Phi) is 5.02. The number of fused-ring (bicyclic) bond motifs is 1. The zero-order chi connectivity index (χ0) is 18.7. The molecule has 26 heavy (non-hydrogen) atoms. The van der Waals surface area contributed by atoms with E-state index < -0.39 is 11.2 Å². The van der Waals surface area contributed by atoms with Crippen LogP contribution in [0.3, 0.4) is 0 Å². The first-order chi connectivity index (χ1) is 12.5. The lowest BCUT2D eigenvalue weighted by atomic mass is 10.0. The third-order valence-electron chi connectivity index (χ3n) is 4.32. The van der Waals surface area contributed by atoms with Gasteiger partial charge in [-0.3, -0.25) is 19.1 Å². The quantitative estimate of drug-likeness (QED) is 0.741. The minimum Gasteiger partial charge on any atom is -0.326 e. The van der Waals surface area contributed by atoms with Crippen molar-refractivity contribution in [2.75, 3.05) is 5.32 Å². The largest absolute Gasteiger partial charge is 0.328 e. The van der Waals surface area contributed by atoms with E-state index in [1.165, 1.54) is 4.57 Å². The zero-order valence-corrected chi connectivity index (χ0v) is 14.8. The molecule has 1 heterocycles. The maximum Gasteiger partial charge on any atom is 0.328 e. The van der Waals surface area contributed by atoms with Gasteiger partial charge in [0.2, 0.25) is 5.91 Å². The predicted octanol–water partition coefficient (Wildman–Crippen LogP) is 2.84. The summed E-state index contributed by atoms with van der Waals surface area (Å²) in [7, 11) is 0. The van der Waals surface area contributed by atoms with Gasteiger partial charge in [-0.05, 0) is 29.7 Å². The number of benzene rings is 2. The molecule has 3 aromatic rings. The molecule has 0 aliphatic rings. The molecule has 1 amide bonds. The van der Waals surface area contributed by atoms with E-state index in [9.17, 15) is 14.4 Å². The topological polar surface area (TPSA) is 84.0 Å². The SMILES string of the molecule is CC(C)c1ccccc1NC(=O)CCn1c(=O)[nH]c(=O)c2ccccc21. The first-order valence-electron chi connectivity index (χ1n) is 8.58. The van der Waals surface area contributed by atoms with E-state index in [1.807, 2.05) is 24.3 Å². The summed E-state index contributed by atoms with van der Waals surface area (Å²) in [6.07, 6.45) is 0.127. The number of para-hydroxylation sites is 2. The van der Waals surface area contributed by atoms with Gasteiger partial charge in [0.1, 0.15) is 0 Å². The summed E-state index contributed by atoms with van der Waals surface area (Å²) in [5, 5.41) is 3.34. The van der Waals surface area contributed by atoms with E-state index in [1.54, 1.807) is 24.3 Å². The molecule has 134 valence electrons. The van der Waals surface area contributed by atoms with Crippen molar-refractivity contribution < 1.29 is 4.79 Å². The van der Waals surface area contributed by atoms with Crippen LogP contribution in [-0.2, 0) is 11.3 Å². The van der Waals surface area contributed by atoms with E-state index in [0.717, 1.165) is 11.3 Å². The first kappa shape index (κ1) is 17.7. The van der Waals surface area contributed by atoms with Gasteiger partial charge in [0.15, 0.2) is 0 Å². The van der Waals surface area contributed by atoms with Gasteiger partial charge < -0.3 is 5.32 Å². The van der Waals surface area contributed by atoms with Crippen molar-refractivity contribution in [1.29, 1.82) is 0 Å². The summed E-state index contributed by atoms with van der Waals surface area (Å²) in [6, 6.07) is 14.5. The summed E-state index contributed by atoms with van der Waals surface area (Å²) < 4.78 is 1.42. The van der Waals surface area contributed by atoms with Gasteiger partial charge in [-0.25, -0.2) is 4.79 Å². The number of carbonyl (C=O) groups excluding carboxylic acids is 1. The molecule has 1 aromatic heterocycles. The number of hydrogen-bond donors (Lipinski definition) is 2. The van der Waals surface area contributed by atoms with E-state index in [4.69, 9.17) is 0 Å².